The number of hydrogen-bond donors (Lipinski definition) is 3. The van der Waals surface area contributed by atoms with E-state index in [9.17, 15) is 4.79 Å². The number of aromatic nitrogens is 1. The van der Waals surface area contributed by atoms with Gasteiger partial charge < -0.3 is 14.5 Å². The first-order chi connectivity index (χ1) is 12.7. The third-order valence-corrected chi connectivity index (χ3v) is 3.86. The van der Waals surface area contributed by atoms with Gasteiger partial charge >= 0.3 is 0 Å². The topological polar surface area (TPSA) is 88.4 Å². The van der Waals surface area contributed by atoms with Gasteiger partial charge in [-0.15, -0.1) is 0 Å². The summed E-state index contributed by atoms with van der Waals surface area (Å²) in [5.74, 6) is 0.266. The fourth-order valence-electron chi connectivity index (χ4n) is 2.41. The van der Waals surface area contributed by atoms with Crippen molar-refractivity contribution in [2.24, 2.45) is 0 Å². The highest BCUT2D eigenvalue weighted by Gasteiger charge is 2.15. The zero-order chi connectivity index (χ0) is 18.4. The van der Waals surface area contributed by atoms with Crippen LogP contribution in [0.4, 0.5) is 0 Å². The number of pyridine rings is 1. The lowest BCUT2D eigenvalue weighted by Crippen LogP contribution is -2.47. The van der Waals surface area contributed by atoms with Gasteiger partial charge in [-0.05, 0) is 36.5 Å². The number of ether oxygens (including phenoxy) is 1. The molecule has 0 radical (unpaired) electrons. The quantitative estimate of drug-likeness (QED) is 0.361. The molecule has 3 aromatic rings. The smallest absolute Gasteiger partial charge is 0.270 e. The summed E-state index contributed by atoms with van der Waals surface area (Å²) in [4.78, 5) is 17.2. The molecule has 26 heavy (non-hydrogen) atoms. The van der Waals surface area contributed by atoms with E-state index in [0.29, 0.717) is 40.8 Å². The number of fused-ring (bicyclic) bond motifs is 1. The van der Waals surface area contributed by atoms with Crippen LogP contribution in [0.5, 0.6) is 0 Å². The second-order valence-corrected chi connectivity index (χ2v) is 5.79. The molecule has 1 amide bonds. The lowest BCUT2D eigenvalue weighted by Gasteiger charge is -2.13. The second-order valence-electron chi connectivity index (χ2n) is 5.38. The summed E-state index contributed by atoms with van der Waals surface area (Å²) in [7, 11) is 1.60. The van der Waals surface area contributed by atoms with Crippen LogP contribution in [0.25, 0.3) is 22.4 Å². The Hall–Kier alpha value is -2.97. The van der Waals surface area contributed by atoms with Crippen LogP contribution in [0.1, 0.15) is 10.4 Å². The van der Waals surface area contributed by atoms with Crippen LogP contribution < -0.4 is 16.2 Å². The summed E-state index contributed by atoms with van der Waals surface area (Å²) in [5.41, 5.74) is 7.03. The van der Waals surface area contributed by atoms with Crippen molar-refractivity contribution in [3.63, 3.8) is 0 Å². The standard InChI is InChI=1S/C18H18N4O3S/c1-24-10-8-19-18(26)22-21-17(23)13-11-15(16-7-4-9-25-16)20-14-6-3-2-5-12(13)14/h2-7,9,11H,8,10H2,1H3,(H,21,23)(H2,19,22,26). The predicted octanol–water partition coefficient (Wildman–Crippen LogP) is 2.25. The molecule has 2 aromatic heterocycles. The molecule has 2 heterocycles. The molecule has 1 aromatic carbocycles. The number of hydrazine groups is 1. The number of methoxy groups -OCH3 is 1. The second kappa shape index (κ2) is 8.41. The number of nitrogens with zero attached hydrogens (tertiary/aromatic N) is 1. The molecule has 0 aliphatic heterocycles. The number of hydrogen-bond acceptors (Lipinski definition) is 5. The van der Waals surface area contributed by atoms with Crippen LogP contribution in [-0.2, 0) is 4.74 Å². The van der Waals surface area contributed by atoms with E-state index in [1.807, 2.05) is 24.3 Å². The number of thiocarbonyl (C=S) groups is 1. The maximum absolute atomic E-state index is 12.7. The molecular weight excluding hydrogens is 352 g/mol. The minimum absolute atomic E-state index is 0.306. The highest BCUT2D eigenvalue weighted by atomic mass is 32.1. The predicted molar refractivity (Wildman–Crippen MR) is 103 cm³/mol. The molecule has 3 rings (SSSR count). The van der Waals surface area contributed by atoms with Crippen molar-refractivity contribution in [1.29, 1.82) is 0 Å². The molecule has 0 atom stereocenters. The van der Waals surface area contributed by atoms with E-state index < -0.39 is 0 Å². The summed E-state index contributed by atoms with van der Waals surface area (Å²) in [6.07, 6.45) is 1.57. The average molecular weight is 370 g/mol. The molecule has 0 unspecified atom stereocenters. The van der Waals surface area contributed by atoms with E-state index in [0.717, 1.165) is 5.39 Å². The monoisotopic (exact) mass is 370 g/mol. The van der Waals surface area contributed by atoms with Crippen molar-refractivity contribution < 1.29 is 13.9 Å². The molecule has 0 saturated heterocycles. The number of benzene rings is 1. The molecule has 0 aliphatic carbocycles. The van der Waals surface area contributed by atoms with Crippen LogP contribution >= 0.6 is 12.2 Å². The Morgan fingerprint density at radius 2 is 2.08 bits per heavy atom. The van der Waals surface area contributed by atoms with E-state index in [1.54, 1.807) is 31.6 Å². The van der Waals surface area contributed by atoms with E-state index in [1.165, 1.54) is 0 Å². The molecule has 134 valence electrons. The van der Waals surface area contributed by atoms with Gasteiger partial charge in [0.05, 0.1) is 24.0 Å². The summed E-state index contributed by atoms with van der Waals surface area (Å²) in [6.45, 7) is 1.05. The van der Waals surface area contributed by atoms with Gasteiger partial charge in [-0.1, -0.05) is 18.2 Å². The van der Waals surface area contributed by atoms with Gasteiger partial charge in [-0.2, -0.15) is 0 Å². The van der Waals surface area contributed by atoms with E-state index in [4.69, 9.17) is 21.4 Å². The Labute approximate surface area is 155 Å². The molecule has 0 aliphatic rings. The van der Waals surface area contributed by atoms with Crippen molar-refractivity contribution in [2.45, 2.75) is 0 Å². The Balaban J connectivity index is 1.81. The Morgan fingerprint density at radius 1 is 1.23 bits per heavy atom. The molecule has 0 saturated carbocycles. The fourth-order valence-corrected chi connectivity index (χ4v) is 2.56. The largest absolute Gasteiger partial charge is 0.463 e. The molecule has 0 fully saturated rings. The van der Waals surface area contributed by atoms with Crippen LogP contribution in [0.2, 0.25) is 0 Å². The van der Waals surface area contributed by atoms with Crippen molar-refractivity contribution in [2.75, 3.05) is 20.3 Å². The van der Waals surface area contributed by atoms with Crippen molar-refractivity contribution in [3.05, 3.63) is 54.3 Å². The number of amides is 1. The molecule has 0 bridgehead atoms. The van der Waals surface area contributed by atoms with E-state index in [2.05, 4.69) is 21.2 Å². The third-order valence-electron chi connectivity index (χ3n) is 3.62. The minimum atomic E-state index is -0.327. The molecule has 3 N–H and O–H groups in total. The summed E-state index contributed by atoms with van der Waals surface area (Å²) in [5, 5.41) is 3.96. The third kappa shape index (κ3) is 4.16. The van der Waals surface area contributed by atoms with Gasteiger partial charge in [0.2, 0.25) is 0 Å². The number of nitrogens with one attached hydrogen (secondary N) is 3. The highest BCUT2D eigenvalue weighted by Crippen LogP contribution is 2.25. The van der Waals surface area contributed by atoms with E-state index in [-0.39, 0.29) is 5.91 Å². The van der Waals surface area contributed by atoms with Crippen molar-refractivity contribution >= 4 is 34.1 Å². The van der Waals surface area contributed by atoms with Gasteiger partial charge in [-0.25, -0.2) is 4.98 Å². The maximum Gasteiger partial charge on any atom is 0.270 e. The van der Waals surface area contributed by atoms with Crippen LogP contribution in [-0.4, -0.2) is 36.3 Å². The Kier molecular flexibility index (Phi) is 5.77. The van der Waals surface area contributed by atoms with Crippen molar-refractivity contribution in [1.82, 2.24) is 21.2 Å². The number of carbonyl (C=O) groups is 1. The highest BCUT2D eigenvalue weighted by molar-refractivity contribution is 7.80. The zero-order valence-electron chi connectivity index (χ0n) is 14.1. The van der Waals surface area contributed by atoms with Gasteiger partial charge in [-0.3, -0.25) is 15.6 Å². The van der Waals surface area contributed by atoms with E-state index >= 15 is 0 Å². The molecule has 7 nitrogen and oxygen atoms in total. The lowest BCUT2D eigenvalue weighted by atomic mass is 10.1. The van der Waals surface area contributed by atoms with Gasteiger partial charge in [0.15, 0.2) is 10.9 Å². The van der Waals surface area contributed by atoms with Crippen molar-refractivity contribution in [3.8, 4) is 11.5 Å². The summed E-state index contributed by atoms with van der Waals surface area (Å²) in [6, 6.07) is 12.7. The SMILES string of the molecule is COCCNC(=S)NNC(=O)c1cc(-c2ccco2)nc2ccccc12. The first-order valence-electron chi connectivity index (χ1n) is 7.96. The Bertz CT molecular complexity index is 912. The van der Waals surface area contributed by atoms with Gasteiger partial charge in [0.1, 0.15) is 5.69 Å². The number of furan rings is 1. The number of para-hydroxylation sites is 1. The first kappa shape index (κ1) is 17.8. The normalized spacial score (nSPS) is 10.5. The summed E-state index contributed by atoms with van der Waals surface area (Å²) >= 11 is 5.10. The lowest BCUT2D eigenvalue weighted by molar-refractivity contribution is 0.0945. The first-order valence-corrected chi connectivity index (χ1v) is 8.36. The molecule has 0 spiro atoms. The molecule has 8 heteroatoms. The summed E-state index contributed by atoms with van der Waals surface area (Å²) < 4.78 is 10.3. The van der Waals surface area contributed by atoms with Crippen LogP contribution in [0.3, 0.4) is 0 Å². The zero-order valence-corrected chi connectivity index (χ0v) is 14.9. The Morgan fingerprint density at radius 3 is 2.85 bits per heavy atom. The van der Waals surface area contributed by atoms with Gasteiger partial charge in [0.25, 0.3) is 5.91 Å². The maximum atomic E-state index is 12.7. The molecular formula is C18H18N4O3S. The average Bonchev–Trinajstić information content (AvgIpc) is 3.20. The minimum Gasteiger partial charge on any atom is -0.463 e. The van der Waals surface area contributed by atoms with Gasteiger partial charge in [0, 0.05) is 19.0 Å². The number of rotatable bonds is 5. The number of carbonyl (C=O) groups excluding carboxylic acids is 1. The van der Waals surface area contributed by atoms with Crippen LogP contribution in [0.15, 0.2) is 53.1 Å². The fraction of sp³-hybridized carbons (Fsp3) is 0.167. The van der Waals surface area contributed by atoms with Crippen LogP contribution in [0, 0.1) is 0 Å².